The molecule has 1 aliphatic heterocycles. The summed E-state index contributed by atoms with van der Waals surface area (Å²) in [6.45, 7) is 5.45. The van der Waals surface area contributed by atoms with Crippen LogP contribution in [0, 0.1) is 0 Å². The Bertz CT molecular complexity index is 439. The van der Waals surface area contributed by atoms with Gasteiger partial charge in [0, 0.05) is 13.1 Å². The molecule has 1 fully saturated rings. The van der Waals surface area contributed by atoms with Gasteiger partial charge < -0.3 is 20.1 Å². The molecular formula is C11H17N3O3S. The number of carbonyl (C=O) groups is 1. The first-order chi connectivity index (χ1) is 8.52. The van der Waals surface area contributed by atoms with Crippen molar-refractivity contribution in [2.24, 2.45) is 0 Å². The predicted molar refractivity (Wildman–Crippen MR) is 70.1 cm³/mol. The Morgan fingerprint density at radius 3 is 2.67 bits per heavy atom. The minimum absolute atomic E-state index is 0.113. The Kier molecular flexibility index (Phi) is 3.72. The summed E-state index contributed by atoms with van der Waals surface area (Å²) in [5.41, 5.74) is 6.10. The lowest BCUT2D eigenvalue weighted by Gasteiger charge is -2.36. The highest BCUT2D eigenvalue weighted by molar-refractivity contribution is 7.11. The fraction of sp³-hybridized carbons (Fsp3) is 0.636. The number of morpholine rings is 1. The van der Waals surface area contributed by atoms with Gasteiger partial charge in [0.25, 0.3) is 0 Å². The van der Waals surface area contributed by atoms with Crippen LogP contribution in [0.3, 0.4) is 0 Å². The number of nitrogens with two attached hydrogens (primary N) is 1. The minimum Gasteiger partial charge on any atom is -0.465 e. The van der Waals surface area contributed by atoms with Gasteiger partial charge in [0.05, 0.1) is 19.3 Å². The normalized spacial score (nSPS) is 24.1. The number of aromatic nitrogens is 1. The summed E-state index contributed by atoms with van der Waals surface area (Å²) in [7, 11) is 1.34. The first kappa shape index (κ1) is 13.1. The van der Waals surface area contributed by atoms with Crippen molar-refractivity contribution in [3.63, 3.8) is 0 Å². The minimum atomic E-state index is -0.442. The molecule has 100 valence electrons. The van der Waals surface area contributed by atoms with Gasteiger partial charge in [-0.2, -0.15) is 4.37 Å². The lowest BCUT2D eigenvalue weighted by Crippen LogP contribution is -2.45. The molecule has 0 bridgehead atoms. The number of carbonyl (C=O) groups excluding carboxylic acids is 1. The molecule has 0 spiro atoms. The van der Waals surface area contributed by atoms with Crippen LogP contribution < -0.4 is 10.6 Å². The van der Waals surface area contributed by atoms with E-state index in [4.69, 9.17) is 15.2 Å². The Morgan fingerprint density at radius 1 is 1.50 bits per heavy atom. The van der Waals surface area contributed by atoms with Crippen molar-refractivity contribution in [1.82, 2.24) is 4.37 Å². The average Bonchev–Trinajstić information content (AvgIpc) is 2.69. The van der Waals surface area contributed by atoms with Crippen LogP contribution >= 0.6 is 11.5 Å². The van der Waals surface area contributed by atoms with Gasteiger partial charge in [-0.3, -0.25) is 0 Å². The molecule has 2 heterocycles. The molecule has 6 nitrogen and oxygen atoms in total. The summed E-state index contributed by atoms with van der Waals surface area (Å²) < 4.78 is 14.5. The van der Waals surface area contributed by atoms with Crippen molar-refractivity contribution in [3.8, 4) is 0 Å². The highest BCUT2D eigenvalue weighted by Gasteiger charge is 2.29. The number of esters is 1. The Balaban J connectivity index is 2.30. The molecule has 1 aromatic heterocycles. The van der Waals surface area contributed by atoms with Crippen molar-refractivity contribution >= 4 is 28.3 Å². The molecule has 0 amide bonds. The van der Waals surface area contributed by atoms with E-state index in [-0.39, 0.29) is 18.0 Å². The van der Waals surface area contributed by atoms with Gasteiger partial charge in [-0.15, -0.1) is 0 Å². The monoisotopic (exact) mass is 271 g/mol. The number of methoxy groups -OCH3 is 1. The maximum Gasteiger partial charge on any atom is 0.344 e. The van der Waals surface area contributed by atoms with Crippen LogP contribution in [0.4, 0.5) is 10.8 Å². The van der Waals surface area contributed by atoms with E-state index in [1.165, 1.54) is 18.6 Å². The van der Waals surface area contributed by atoms with E-state index in [0.717, 1.165) is 18.1 Å². The molecule has 2 rings (SSSR count). The van der Waals surface area contributed by atoms with Gasteiger partial charge in [0.15, 0.2) is 5.82 Å². The Morgan fingerprint density at radius 2 is 2.11 bits per heavy atom. The van der Waals surface area contributed by atoms with Gasteiger partial charge in [-0.1, -0.05) is 0 Å². The van der Waals surface area contributed by atoms with Crippen LogP contribution in [0.25, 0.3) is 0 Å². The molecular weight excluding hydrogens is 254 g/mol. The summed E-state index contributed by atoms with van der Waals surface area (Å²) in [4.78, 5) is 13.8. The highest BCUT2D eigenvalue weighted by Crippen LogP contribution is 2.33. The fourth-order valence-electron chi connectivity index (χ4n) is 2.15. The number of ether oxygens (including phenoxy) is 2. The van der Waals surface area contributed by atoms with Crippen LogP contribution in [0.2, 0.25) is 0 Å². The maximum absolute atomic E-state index is 11.7. The van der Waals surface area contributed by atoms with Crippen molar-refractivity contribution in [2.75, 3.05) is 30.8 Å². The predicted octanol–water partition coefficient (Wildman–Crippen LogP) is 1.13. The van der Waals surface area contributed by atoms with Gasteiger partial charge >= 0.3 is 5.97 Å². The molecule has 2 atom stereocenters. The zero-order valence-corrected chi connectivity index (χ0v) is 11.5. The zero-order valence-electron chi connectivity index (χ0n) is 10.7. The van der Waals surface area contributed by atoms with E-state index in [2.05, 4.69) is 9.27 Å². The van der Waals surface area contributed by atoms with Gasteiger partial charge in [0.1, 0.15) is 10.6 Å². The molecule has 2 N–H and O–H groups in total. The van der Waals surface area contributed by atoms with Crippen LogP contribution in [0.5, 0.6) is 0 Å². The number of hydrogen-bond donors (Lipinski definition) is 1. The molecule has 2 unspecified atom stereocenters. The van der Waals surface area contributed by atoms with E-state index in [1.807, 2.05) is 13.8 Å². The second-order valence-corrected chi connectivity index (χ2v) is 5.15. The average molecular weight is 271 g/mol. The van der Waals surface area contributed by atoms with Crippen molar-refractivity contribution < 1.29 is 14.3 Å². The number of nitrogen functional groups attached to an aromatic ring is 1. The van der Waals surface area contributed by atoms with Crippen LogP contribution in [-0.4, -0.2) is 42.8 Å². The summed E-state index contributed by atoms with van der Waals surface area (Å²) in [5.74, 6) is -0.211. The molecule has 1 saturated heterocycles. The van der Waals surface area contributed by atoms with E-state index in [0.29, 0.717) is 5.56 Å². The van der Waals surface area contributed by atoms with Crippen LogP contribution in [-0.2, 0) is 9.47 Å². The number of rotatable bonds is 2. The first-order valence-corrected chi connectivity index (χ1v) is 6.54. The van der Waals surface area contributed by atoms with Crippen LogP contribution in [0.15, 0.2) is 0 Å². The van der Waals surface area contributed by atoms with Gasteiger partial charge in [-0.05, 0) is 25.4 Å². The van der Waals surface area contributed by atoms with Crippen molar-refractivity contribution in [1.29, 1.82) is 0 Å². The van der Waals surface area contributed by atoms with Crippen molar-refractivity contribution in [2.45, 2.75) is 26.1 Å². The number of hydrogen-bond acceptors (Lipinski definition) is 7. The topological polar surface area (TPSA) is 77.7 Å². The zero-order chi connectivity index (χ0) is 13.3. The summed E-state index contributed by atoms with van der Waals surface area (Å²) in [6.07, 6.45) is 0.227. The summed E-state index contributed by atoms with van der Waals surface area (Å²) in [5, 5.41) is 0.765. The molecule has 18 heavy (non-hydrogen) atoms. The first-order valence-electron chi connectivity index (χ1n) is 5.76. The molecule has 7 heteroatoms. The van der Waals surface area contributed by atoms with Gasteiger partial charge in [0.2, 0.25) is 0 Å². The third-order valence-corrected chi connectivity index (χ3v) is 3.72. The molecule has 0 aromatic carbocycles. The quantitative estimate of drug-likeness (QED) is 0.812. The molecule has 0 aliphatic carbocycles. The smallest absolute Gasteiger partial charge is 0.344 e. The Hall–Kier alpha value is -1.34. The molecule has 1 aliphatic rings. The van der Waals surface area contributed by atoms with E-state index < -0.39 is 5.97 Å². The van der Waals surface area contributed by atoms with Crippen molar-refractivity contribution in [3.05, 3.63) is 5.56 Å². The lowest BCUT2D eigenvalue weighted by atomic mass is 10.2. The molecule has 0 radical (unpaired) electrons. The fourth-order valence-corrected chi connectivity index (χ4v) is 2.97. The SMILES string of the molecule is COC(=O)c1c(N)nsc1N1CC(C)OC(C)C1. The third-order valence-electron chi connectivity index (χ3n) is 2.80. The molecule has 0 saturated carbocycles. The third kappa shape index (κ3) is 2.41. The number of nitrogens with zero attached hydrogens (tertiary/aromatic N) is 2. The lowest BCUT2D eigenvalue weighted by molar-refractivity contribution is -0.00511. The maximum atomic E-state index is 11.7. The summed E-state index contributed by atoms with van der Waals surface area (Å²) >= 11 is 1.22. The Labute approximate surface area is 110 Å². The second-order valence-electron chi connectivity index (χ2n) is 4.40. The van der Waals surface area contributed by atoms with E-state index in [9.17, 15) is 4.79 Å². The van der Waals surface area contributed by atoms with Gasteiger partial charge in [-0.25, -0.2) is 4.79 Å². The summed E-state index contributed by atoms with van der Waals surface area (Å²) in [6, 6.07) is 0. The number of anilines is 2. The standard InChI is InChI=1S/C11H17N3O3S/c1-6-4-14(5-7(2)17-6)10-8(11(15)16-3)9(12)13-18-10/h6-7H,4-5H2,1-3H3,(H2,12,13). The van der Waals surface area contributed by atoms with Crippen LogP contribution in [0.1, 0.15) is 24.2 Å². The van der Waals surface area contributed by atoms with E-state index >= 15 is 0 Å². The van der Waals surface area contributed by atoms with E-state index in [1.54, 1.807) is 0 Å². The highest BCUT2D eigenvalue weighted by atomic mass is 32.1. The largest absolute Gasteiger partial charge is 0.465 e. The molecule has 1 aromatic rings. The second kappa shape index (κ2) is 5.11.